The average molecular weight is 577 g/mol. The summed E-state index contributed by atoms with van der Waals surface area (Å²) in [6, 6.07) is 11.5. The van der Waals surface area contributed by atoms with E-state index in [2.05, 4.69) is 26.1 Å². The number of rotatable bonds is 8. The molecule has 0 saturated carbocycles. The molecule has 1 amide bonds. The lowest BCUT2D eigenvalue weighted by Crippen LogP contribution is -2.52. The van der Waals surface area contributed by atoms with Crippen molar-refractivity contribution in [2.45, 2.75) is 31.2 Å². The van der Waals surface area contributed by atoms with Gasteiger partial charge in [-0.25, -0.2) is 27.8 Å². The van der Waals surface area contributed by atoms with Crippen molar-refractivity contribution in [2.75, 3.05) is 39.3 Å². The first-order valence-electron chi connectivity index (χ1n) is 13.9. The zero-order chi connectivity index (χ0) is 28.7. The molecule has 2 atom stereocenters. The van der Waals surface area contributed by atoms with Gasteiger partial charge in [-0.1, -0.05) is 18.2 Å². The Morgan fingerprint density at radius 1 is 1.02 bits per heavy atom. The molecule has 0 spiro atoms. The number of hydrogen-bond donors (Lipinski definition) is 0. The van der Waals surface area contributed by atoms with E-state index in [0.29, 0.717) is 43.1 Å². The minimum atomic E-state index is -3.65. The second kappa shape index (κ2) is 10.9. The maximum Gasteiger partial charge on any atom is 0.260 e. The lowest BCUT2D eigenvalue weighted by atomic mass is 9.80. The fraction of sp³-hybridized carbons (Fsp3) is 0.400. The molecule has 6 rings (SSSR count). The lowest BCUT2D eigenvalue weighted by Gasteiger charge is -2.42. The van der Waals surface area contributed by atoms with Crippen LogP contribution in [0.5, 0.6) is 0 Å². The Balaban J connectivity index is 1.11. The van der Waals surface area contributed by atoms with Gasteiger partial charge < -0.3 is 9.80 Å². The van der Waals surface area contributed by atoms with E-state index < -0.39 is 10.0 Å². The molecule has 3 aliphatic heterocycles. The van der Waals surface area contributed by atoms with Crippen LogP contribution < -0.4 is 0 Å². The van der Waals surface area contributed by atoms with Gasteiger partial charge in [-0.2, -0.15) is 4.31 Å². The van der Waals surface area contributed by atoms with E-state index >= 15 is 0 Å². The normalized spacial score (nSPS) is 20.1. The van der Waals surface area contributed by atoms with Crippen LogP contribution in [0.2, 0.25) is 0 Å². The Labute approximate surface area is 239 Å². The minimum Gasteiger partial charge on any atom is -0.377 e. The van der Waals surface area contributed by atoms with Crippen molar-refractivity contribution in [1.29, 1.82) is 0 Å². The smallest absolute Gasteiger partial charge is 0.260 e. The Morgan fingerprint density at radius 3 is 2.49 bits per heavy atom. The van der Waals surface area contributed by atoms with Gasteiger partial charge in [0.25, 0.3) is 15.9 Å². The predicted octanol–water partition coefficient (Wildman–Crippen LogP) is 3.39. The van der Waals surface area contributed by atoms with Gasteiger partial charge in [-0.05, 0) is 67.5 Å². The number of hydrogen-bond acceptors (Lipinski definition) is 7. The second-order valence-electron chi connectivity index (χ2n) is 11.2. The van der Waals surface area contributed by atoms with Crippen molar-refractivity contribution in [1.82, 2.24) is 29.1 Å². The lowest BCUT2D eigenvalue weighted by molar-refractivity contribution is 0.0782. The summed E-state index contributed by atoms with van der Waals surface area (Å²) in [5.74, 6) is 0.0598. The van der Waals surface area contributed by atoms with Crippen molar-refractivity contribution in [3.63, 3.8) is 0 Å². The SMILES string of the molecule is Cc1ncnc(C)c1C(=O)N1CC2=CN(CCC(c3cccc(F)c3)C3CN(S(=O)(=O)c4ccccn4)C3)CC2C1. The topological polar surface area (TPSA) is 99.6 Å². The Morgan fingerprint density at radius 2 is 1.80 bits per heavy atom. The molecule has 41 heavy (non-hydrogen) atoms. The van der Waals surface area contributed by atoms with Gasteiger partial charge in [0.2, 0.25) is 0 Å². The van der Waals surface area contributed by atoms with Gasteiger partial charge in [0.05, 0.1) is 17.0 Å². The van der Waals surface area contributed by atoms with E-state index in [1.54, 1.807) is 24.3 Å². The molecule has 0 N–H and O–H groups in total. The number of nitrogens with zero attached hydrogens (tertiary/aromatic N) is 6. The molecule has 214 valence electrons. The molecule has 0 radical (unpaired) electrons. The molecular weight excluding hydrogens is 543 g/mol. The standard InChI is InChI=1S/C30H33FN6O3S/c1-20-29(21(2)34-19-33-20)30(38)36-15-23-13-35(14-24(23)16-36)11-9-27(22-6-5-7-26(31)12-22)25-17-37(18-25)41(39,40)28-8-3-4-10-32-28/h3-8,10,12-13,19,24-25,27H,9,11,14-18H2,1-2H3. The quantitative estimate of drug-likeness (QED) is 0.405. The van der Waals surface area contributed by atoms with Gasteiger partial charge in [0.1, 0.15) is 12.1 Å². The molecule has 0 aliphatic carbocycles. The van der Waals surface area contributed by atoms with Gasteiger partial charge in [0.15, 0.2) is 5.03 Å². The molecule has 5 heterocycles. The summed E-state index contributed by atoms with van der Waals surface area (Å²) in [6.07, 6.45) is 5.90. The molecular formula is C30H33FN6O3S. The zero-order valence-corrected chi connectivity index (χ0v) is 24.0. The number of carbonyl (C=O) groups is 1. The van der Waals surface area contributed by atoms with Gasteiger partial charge in [-0.15, -0.1) is 0 Å². The van der Waals surface area contributed by atoms with Crippen LogP contribution in [0.15, 0.2) is 71.8 Å². The van der Waals surface area contributed by atoms with E-state index in [1.165, 1.54) is 34.5 Å². The van der Waals surface area contributed by atoms with Crippen molar-refractivity contribution < 1.29 is 17.6 Å². The fourth-order valence-corrected chi connectivity index (χ4v) is 7.81. The Kier molecular flexibility index (Phi) is 7.33. The summed E-state index contributed by atoms with van der Waals surface area (Å²) >= 11 is 0. The van der Waals surface area contributed by atoms with Crippen LogP contribution in [0.25, 0.3) is 0 Å². The van der Waals surface area contributed by atoms with Crippen LogP contribution in [-0.2, 0) is 10.0 Å². The van der Waals surface area contributed by atoms with Crippen LogP contribution in [0.3, 0.4) is 0 Å². The molecule has 2 unspecified atom stereocenters. The summed E-state index contributed by atoms with van der Waals surface area (Å²) in [5.41, 5.74) is 4.11. The summed E-state index contributed by atoms with van der Waals surface area (Å²) in [6.45, 7) is 7.27. The van der Waals surface area contributed by atoms with E-state index in [0.717, 1.165) is 25.1 Å². The van der Waals surface area contributed by atoms with Crippen LogP contribution in [0.1, 0.15) is 39.6 Å². The van der Waals surface area contributed by atoms with Crippen molar-refractivity contribution in [3.05, 3.63) is 95.1 Å². The largest absolute Gasteiger partial charge is 0.377 e. The van der Waals surface area contributed by atoms with Crippen LogP contribution in [0.4, 0.5) is 4.39 Å². The molecule has 1 aromatic carbocycles. The highest BCUT2D eigenvalue weighted by atomic mass is 32.2. The molecule has 2 aromatic heterocycles. The molecule has 2 fully saturated rings. The van der Waals surface area contributed by atoms with E-state index in [4.69, 9.17) is 0 Å². The fourth-order valence-electron chi connectivity index (χ4n) is 6.33. The Bertz CT molecular complexity index is 1570. The number of aryl methyl sites for hydroxylation is 2. The highest BCUT2D eigenvalue weighted by Gasteiger charge is 2.42. The first-order chi connectivity index (χ1) is 19.7. The number of pyridine rings is 1. The van der Waals surface area contributed by atoms with Crippen LogP contribution in [-0.4, -0.2) is 82.7 Å². The predicted molar refractivity (Wildman–Crippen MR) is 151 cm³/mol. The van der Waals surface area contributed by atoms with Crippen molar-refractivity contribution in [2.24, 2.45) is 11.8 Å². The molecule has 11 heteroatoms. The molecule has 3 aromatic rings. The number of halogens is 1. The summed E-state index contributed by atoms with van der Waals surface area (Å²) in [5, 5.41) is 0.0497. The highest BCUT2D eigenvalue weighted by Crippen LogP contribution is 2.38. The average Bonchev–Trinajstić information content (AvgIpc) is 3.49. The number of aromatic nitrogens is 3. The third-order valence-corrected chi connectivity index (χ3v) is 10.3. The summed E-state index contributed by atoms with van der Waals surface area (Å²) in [4.78, 5) is 29.8. The first-order valence-corrected chi connectivity index (χ1v) is 15.3. The number of carbonyl (C=O) groups excluding carboxylic acids is 1. The second-order valence-corrected chi connectivity index (χ2v) is 13.1. The maximum absolute atomic E-state index is 14.2. The summed E-state index contributed by atoms with van der Waals surface area (Å²) in [7, 11) is -3.65. The van der Waals surface area contributed by atoms with E-state index in [-0.39, 0.29) is 34.5 Å². The van der Waals surface area contributed by atoms with E-state index in [9.17, 15) is 17.6 Å². The van der Waals surface area contributed by atoms with Gasteiger partial charge >= 0.3 is 0 Å². The highest BCUT2D eigenvalue weighted by molar-refractivity contribution is 7.89. The minimum absolute atomic E-state index is 0.0156. The van der Waals surface area contributed by atoms with Crippen molar-refractivity contribution in [3.8, 4) is 0 Å². The molecule has 9 nitrogen and oxygen atoms in total. The van der Waals surface area contributed by atoms with Crippen LogP contribution >= 0.6 is 0 Å². The van der Waals surface area contributed by atoms with E-state index in [1.807, 2.05) is 24.8 Å². The monoisotopic (exact) mass is 576 g/mol. The summed E-state index contributed by atoms with van der Waals surface area (Å²) < 4.78 is 41.7. The molecule has 3 aliphatic rings. The van der Waals surface area contributed by atoms with Crippen molar-refractivity contribution >= 4 is 15.9 Å². The van der Waals surface area contributed by atoms with Gasteiger partial charge in [0, 0.05) is 57.6 Å². The molecule has 0 bridgehead atoms. The number of likely N-dealkylation sites (tertiary alicyclic amines) is 1. The van der Waals surface area contributed by atoms with Crippen LogP contribution in [0, 0.1) is 31.5 Å². The number of amides is 1. The molecule has 2 saturated heterocycles. The maximum atomic E-state index is 14.2. The first kappa shape index (κ1) is 27.5. The zero-order valence-electron chi connectivity index (χ0n) is 23.1. The van der Waals surface area contributed by atoms with Gasteiger partial charge in [-0.3, -0.25) is 4.79 Å². The third-order valence-electron chi connectivity index (χ3n) is 8.56. The number of sulfonamides is 1. The Hall–Kier alpha value is -3.70. The third kappa shape index (κ3) is 5.36. The number of benzene rings is 1. The number of fused-ring (bicyclic) bond motifs is 1.